The summed E-state index contributed by atoms with van der Waals surface area (Å²) in [6, 6.07) is 0. The van der Waals surface area contributed by atoms with E-state index >= 15 is 0 Å². The van der Waals surface area contributed by atoms with Crippen molar-refractivity contribution in [3.63, 3.8) is 0 Å². The minimum atomic E-state index is 1.07. The van der Waals surface area contributed by atoms with Gasteiger partial charge in [0.25, 0.3) is 0 Å². The molecule has 0 aromatic heterocycles. The fraction of sp³-hybridized carbons (Fsp3) is 1.00. The number of hydrogen-bond donors (Lipinski definition) is 0. The first-order chi connectivity index (χ1) is 3.93. The highest BCUT2D eigenvalue weighted by Crippen LogP contribution is 2.24. The molecule has 0 aromatic rings. The normalized spacial score (nSPS) is 23.6. The summed E-state index contributed by atoms with van der Waals surface area (Å²) in [4.78, 5) is 0. The second-order valence-corrected chi connectivity index (χ2v) is 3.69. The first kappa shape index (κ1) is 6.47. The van der Waals surface area contributed by atoms with E-state index in [1.54, 1.807) is 0 Å². The number of thioether (sulfide) groups is 1. The zero-order valence-corrected chi connectivity index (χ0v) is 6.34. The van der Waals surface area contributed by atoms with E-state index in [2.05, 4.69) is 18.7 Å². The molecule has 1 heteroatoms. The van der Waals surface area contributed by atoms with Gasteiger partial charge in [0.15, 0.2) is 0 Å². The average molecular weight is 130 g/mol. The van der Waals surface area contributed by atoms with Crippen LogP contribution in [0.5, 0.6) is 0 Å². The van der Waals surface area contributed by atoms with Crippen molar-refractivity contribution in [1.29, 1.82) is 0 Å². The van der Waals surface area contributed by atoms with Crippen molar-refractivity contribution in [2.24, 2.45) is 5.92 Å². The molecule has 0 aliphatic carbocycles. The number of hydrogen-bond acceptors (Lipinski definition) is 1. The lowest BCUT2D eigenvalue weighted by atomic mass is 10.0. The Morgan fingerprint density at radius 2 is 2.00 bits per heavy atom. The molecule has 1 heterocycles. The summed E-state index contributed by atoms with van der Waals surface area (Å²) in [5.74, 6) is 3.90. The first-order valence-corrected chi connectivity index (χ1v) is 4.66. The molecule has 8 heavy (non-hydrogen) atoms. The maximum Gasteiger partial charge on any atom is -0.00649 e. The van der Waals surface area contributed by atoms with Gasteiger partial charge < -0.3 is 0 Å². The lowest BCUT2D eigenvalue weighted by molar-refractivity contribution is 0.475. The Morgan fingerprint density at radius 3 is 2.38 bits per heavy atom. The summed E-state index contributed by atoms with van der Waals surface area (Å²) in [6.45, 7) is 2.31. The third kappa shape index (κ3) is 1.70. The monoisotopic (exact) mass is 130 g/mol. The zero-order chi connectivity index (χ0) is 5.82. The molecule has 0 atom stereocenters. The standard InChI is InChI=1S/C7H14S/c1-2-7-3-5-8-6-4-7/h7H,2-6H2,1H3. The Balaban J connectivity index is 2.13. The van der Waals surface area contributed by atoms with Gasteiger partial charge in [-0.15, -0.1) is 0 Å². The van der Waals surface area contributed by atoms with E-state index in [-0.39, 0.29) is 0 Å². The second kappa shape index (κ2) is 3.39. The molecule has 0 N–H and O–H groups in total. The van der Waals surface area contributed by atoms with Gasteiger partial charge in [-0.3, -0.25) is 0 Å². The topological polar surface area (TPSA) is 0 Å². The minimum Gasteiger partial charge on any atom is -0.162 e. The van der Waals surface area contributed by atoms with E-state index < -0.39 is 0 Å². The van der Waals surface area contributed by atoms with Gasteiger partial charge in [-0.2, -0.15) is 11.8 Å². The Hall–Kier alpha value is 0.350. The van der Waals surface area contributed by atoms with Crippen LogP contribution in [0, 0.1) is 5.92 Å². The summed E-state index contributed by atoms with van der Waals surface area (Å²) in [5, 5.41) is 0. The highest BCUT2D eigenvalue weighted by molar-refractivity contribution is 7.99. The molecular formula is C7H14S. The van der Waals surface area contributed by atoms with Crippen LogP contribution in [0.1, 0.15) is 26.2 Å². The highest BCUT2D eigenvalue weighted by atomic mass is 32.2. The molecule has 0 radical (unpaired) electrons. The van der Waals surface area contributed by atoms with Crippen LogP contribution in [0.3, 0.4) is 0 Å². The Morgan fingerprint density at radius 1 is 1.38 bits per heavy atom. The van der Waals surface area contributed by atoms with Crippen LogP contribution in [-0.4, -0.2) is 11.5 Å². The van der Waals surface area contributed by atoms with Gasteiger partial charge in [-0.25, -0.2) is 0 Å². The number of rotatable bonds is 1. The van der Waals surface area contributed by atoms with Gasteiger partial charge in [-0.1, -0.05) is 13.3 Å². The van der Waals surface area contributed by atoms with Crippen molar-refractivity contribution in [2.75, 3.05) is 11.5 Å². The van der Waals surface area contributed by atoms with E-state index in [0.29, 0.717) is 0 Å². The summed E-state index contributed by atoms with van der Waals surface area (Å²) in [7, 11) is 0. The Labute approximate surface area is 56.0 Å². The maximum absolute atomic E-state index is 2.31. The van der Waals surface area contributed by atoms with Crippen molar-refractivity contribution < 1.29 is 0 Å². The van der Waals surface area contributed by atoms with E-state index in [0.717, 1.165) is 5.92 Å². The van der Waals surface area contributed by atoms with Gasteiger partial charge in [0.1, 0.15) is 0 Å². The lowest BCUT2D eigenvalue weighted by Gasteiger charge is -2.18. The fourth-order valence-electron chi connectivity index (χ4n) is 1.15. The molecule has 0 unspecified atom stereocenters. The molecule has 1 aliphatic rings. The lowest BCUT2D eigenvalue weighted by Crippen LogP contribution is -2.07. The molecule has 1 aliphatic heterocycles. The maximum atomic E-state index is 2.31. The summed E-state index contributed by atoms with van der Waals surface area (Å²) < 4.78 is 0. The molecule has 0 nitrogen and oxygen atoms in total. The average Bonchev–Trinajstić information content (AvgIpc) is 1.90. The predicted octanol–water partition coefficient (Wildman–Crippen LogP) is 2.54. The molecule has 1 saturated heterocycles. The third-order valence-electron chi connectivity index (χ3n) is 1.92. The van der Waals surface area contributed by atoms with Crippen molar-refractivity contribution in [1.82, 2.24) is 0 Å². The molecule has 1 fully saturated rings. The molecule has 0 saturated carbocycles. The third-order valence-corrected chi connectivity index (χ3v) is 2.97. The SMILES string of the molecule is CCC1CCSCC1. The Kier molecular flexibility index (Phi) is 2.74. The molecule has 0 amide bonds. The van der Waals surface area contributed by atoms with Crippen LogP contribution in [0.25, 0.3) is 0 Å². The highest BCUT2D eigenvalue weighted by Gasteiger charge is 2.09. The molecular weight excluding hydrogens is 116 g/mol. The molecule has 0 aromatic carbocycles. The summed E-state index contributed by atoms with van der Waals surface area (Å²) in [5.41, 5.74) is 0. The van der Waals surface area contributed by atoms with E-state index in [9.17, 15) is 0 Å². The van der Waals surface area contributed by atoms with Crippen LogP contribution >= 0.6 is 11.8 Å². The van der Waals surface area contributed by atoms with E-state index in [1.807, 2.05) is 0 Å². The van der Waals surface area contributed by atoms with Crippen LogP contribution in [0.4, 0.5) is 0 Å². The Bertz CT molecular complexity index is 55.4. The largest absolute Gasteiger partial charge is 0.162 e. The smallest absolute Gasteiger partial charge is 0.00649 e. The summed E-state index contributed by atoms with van der Waals surface area (Å²) >= 11 is 2.11. The molecule has 0 bridgehead atoms. The van der Waals surface area contributed by atoms with Crippen LogP contribution < -0.4 is 0 Å². The van der Waals surface area contributed by atoms with E-state index in [4.69, 9.17) is 0 Å². The van der Waals surface area contributed by atoms with Gasteiger partial charge >= 0.3 is 0 Å². The van der Waals surface area contributed by atoms with Crippen molar-refractivity contribution in [3.05, 3.63) is 0 Å². The van der Waals surface area contributed by atoms with Crippen molar-refractivity contribution in [3.8, 4) is 0 Å². The predicted molar refractivity (Wildman–Crippen MR) is 40.3 cm³/mol. The zero-order valence-electron chi connectivity index (χ0n) is 5.52. The van der Waals surface area contributed by atoms with Gasteiger partial charge in [-0.05, 0) is 30.3 Å². The van der Waals surface area contributed by atoms with Crippen LogP contribution in [-0.2, 0) is 0 Å². The van der Waals surface area contributed by atoms with Crippen molar-refractivity contribution >= 4 is 11.8 Å². The van der Waals surface area contributed by atoms with Crippen molar-refractivity contribution in [2.45, 2.75) is 26.2 Å². The molecule has 48 valence electrons. The van der Waals surface area contributed by atoms with Gasteiger partial charge in [0, 0.05) is 0 Å². The van der Waals surface area contributed by atoms with Crippen LogP contribution in [0.15, 0.2) is 0 Å². The quantitative estimate of drug-likeness (QED) is 0.525. The van der Waals surface area contributed by atoms with Gasteiger partial charge in [0.2, 0.25) is 0 Å². The summed E-state index contributed by atoms with van der Waals surface area (Å²) in [6.07, 6.45) is 4.35. The van der Waals surface area contributed by atoms with E-state index in [1.165, 1.54) is 30.8 Å². The minimum absolute atomic E-state index is 1.07. The second-order valence-electron chi connectivity index (χ2n) is 2.46. The molecule has 0 spiro atoms. The first-order valence-electron chi connectivity index (χ1n) is 3.51. The van der Waals surface area contributed by atoms with Gasteiger partial charge in [0.05, 0.1) is 0 Å². The molecule has 1 rings (SSSR count). The van der Waals surface area contributed by atoms with Crippen LogP contribution in [0.2, 0.25) is 0 Å². The fourth-order valence-corrected chi connectivity index (χ4v) is 2.36.